The molecule has 0 fully saturated rings. The number of hydrogen-bond acceptors (Lipinski definition) is 6. The average molecular weight is 378 g/mol. The van der Waals surface area contributed by atoms with Gasteiger partial charge >= 0.3 is 5.97 Å². The van der Waals surface area contributed by atoms with Crippen LogP contribution in [0.15, 0.2) is 12.1 Å². The van der Waals surface area contributed by atoms with E-state index in [0.717, 1.165) is 16.9 Å². The van der Waals surface area contributed by atoms with E-state index in [0.29, 0.717) is 23.3 Å². The maximum Gasteiger partial charge on any atom is 0.350 e. The number of nitriles is 1. The molecule has 0 radical (unpaired) electrons. The standard InChI is InChI=1S/C18H16F2N2O3S/c1-4-24-17(23)14-12(15(19)20)22-16(26-14)9-5-10-7-18(2,3)25-13(10)11(6-9)8-21/h5-6,15H,4,7H2,1-3H3. The second kappa shape index (κ2) is 6.65. The summed E-state index contributed by atoms with van der Waals surface area (Å²) >= 11 is 0.838. The molecule has 1 aromatic heterocycles. The fourth-order valence-corrected chi connectivity index (χ4v) is 3.82. The second-order valence-electron chi connectivity index (χ2n) is 6.42. The Hall–Kier alpha value is -2.53. The van der Waals surface area contributed by atoms with E-state index in [4.69, 9.17) is 9.47 Å². The zero-order valence-electron chi connectivity index (χ0n) is 14.4. The van der Waals surface area contributed by atoms with Gasteiger partial charge in [-0.3, -0.25) is 0 Å². The molecule has 0 N–H and O–H groups in total. The summed E-state index contributed by atoms with van der Waals surface area (Å²) in [7, 11) is 0. The lowest BCUT2D eigenvalue weighted by atomic mass is 9.98. The van der Waals surface area contributed by atoms with Crippen LogP contribution in [0, 0.1) is 11.3 Å². The minimum Gasteiger partial charge on any atom is -0.486 e. The Bertz CT molecular complexity index is 916. The molecule has 136 valence electrons. The number of hydrogen-bond donors (Lipinski definition) is 0. The summed E-state index contributed by atoms with van der Waals surface area (Å²) < 4.78 is 37.2. The third kappa shape index (κ3) is 3.27. The lowest BCUT2D eigenvalue weighted by Gasteiger charge is -2.17. The number of rotatable bonds is 4. The highest BCUT2D eigenvalue weighted by atomic mass is 32.1. The minimum atomic E-state index is -2.90. The summed E-state index contributed by atoms with van der Waals surface area (Å²) in [5.74, 6) is -0.310. The summed E-state index contributed by atoms with van der Waals surface area (Å²) in [5.41, 5.74) is 0.591. The highest BCUT2D eigenvalue weighted by molar-refractivity contribution is 7.17. The average Bonchev–Trinajstić information content (AvgIpc) is 3.13. The second-order valence-corrected chi connectivity index (χ2v) is 7.42. The van der Waals surface area contributed by atoms with Crippen LogP contribution in [-0.4, -0.2) is 23.2 Å². The first-order valence-electron chi connectivity index (χ1n) is 7.98. The van der Waals surface area contributed by atoms with Gasteiger partial charge in [0.05, 0.1) is 12.2 Å². The molecule has 3 rings (SSSR count). The van der Waals surface area contributed by atoms with Crippen molar-refractivity contribution in [2.45, 2.75) is 39.2 Å². The molecule has 0 unspecified atom stereocenters. The monoisotopic (exact) mass is 378 g/mol. The third-order valence-electron chi connectivity index (χ3n) is 3.85. The molecule has 1 aliphatic rings. The highest BCUT2D eigenvalue weighted by Gasteiger charge is 2.33. The van der Waals surface area contributed by atoms with Crippen molar-refractivity contribution < 1.29 is 23.0 Å². The first kappa shape index (κ1) is 18.3. The number of aromatic nitrogens is 1. The molecule has 1 aromatic carbocycles. The quantitative estimate of drug-likeness (QED) is 0.732. The lowest BCUT2D eigenvalue weighted by Crippen LogP contribution is -2.24. The molecule has 0 aliphatic carbocycles. The van der Waals surface area contributed by atoms with Gasteiger partial charge < -0.3 is 9.47 Å². The van der Waals surface area contributed by atoms with Crippen LogP contribution in [0.5, 0.6) is 5.75 Å². The van der Waals surface area contributed by atoms with E-state index < -0.39 is 23.7 Å². The molecule has 26 heavy (non-hydrogen) atoms. The fourth-order valence-electron chi connectivity index (χ4n) is 2.86. The van der Waals surface area contributed by atoms with E-state index in [2.05, 4.69) is 11.1 Å². The molecule has 0 amide bonds. The molecule has 5 nitrogen and oxygen atoms in total. The Morgan fingerprint density at radius 1 is 1.50 bits per heavy atom. The number of benzene rings is 1. The largest absolute Gasteiger partial charge is 0.486 e. The maximum absolute atomic E-state index is 13.3. The Kier molecular flexibility index (Phi) is 4.67. The molecular weight excluding hydrogens is 362 g/mol. The van der Waals surface area contributed by atoms with Gasteiger partial charge in [-0.05, 0) is 32.9 Å². The normalized spacial score (nSPS) is 14.7. The Labute approximate surface area is 153 Å². The van der Waals surface area contributed by atoms with Crippen molar-refractivity contribution in [2.75, 3.05) is 6.61 Å². The number of ether oxygens (including phenoxy) is 2. The van der Waals surface area contributed by atoms with Crippen LogP contribution in [-0.2, 0) is 11.2 Å². The van der Waals surface area contributed by atoms with Crippen molar-refractivity contribution in [1.82, 2.24) is 4.98 Å². The number of esters is 1. The number of nitrogens with zero attached hydrogens (tertiary/aromatic N) is 2. The molecule has 0 atom stereocenters. The summed E-state index contributed by atoms with van der Waals surface area (Å²) in [6, 6.07) is 5.39. The van der Waals surface area contributed by atoms with Gasteiger partial charge in [0.15, 0.2) is 0 Å². The van der Waals surface area contributed by atoms with Crippen molar-refractivity contribution in [2.24, 2.45) is 0 Å². The van der Waals surface area contributed by atoms with Gasteiger partial charge in [0.2, 0.25) is 0 Å². The number of fused-ring (bicyclic) bond motifs is 1. The first-order valence-corrected chi connectivity index (χ1v) is 8.79. The molecule has 0 spiro atoms. The Morgan fingerprint density at radius 3 is 2.85 bits per heavy atom. The predicted octanol–water partition coefficient (Wildman–Crippen LogP) is 4.51. The van der Waals surface area contributed by atoms with Gasteiger partial charge in [0.1, 0.15) is 33.0 Å². The van der Waals surface area contributed by atoms with Gasteiger partial charge in [-0.15, -0.1) is 11.3 Å². The Balaban J connectivity index is 2.10. The molecular formula is C18H16F2N2O3S. The van der Waals surface area contributed by atoms with Gasteiger partial charge in [0.25, 0.3) is 6.43 Å². The summed E-state index contributed by atoms with van der Waals surface area (Å²) in [6.07, 6.45) is -2.31. The van der Waals surface area contributed by atoms with Gasteiger partial charge in [-0.25, -0.2) is 18.6 Å². The van der Waals surface area contributed by atoms with Gasteiger partial charge in [-0.1, -0.05) is 0 Å². The Morgan fingerprint density at radius 2 is 2.23 bits per heavy atom. The number of thiazole rings is 1. The highest BCUT2D eigenvalue weighted by Crippen LogP contribution is 2.42. The molecule has 0 saturated carbocycles. The molecule has 8 heteroatoms. The number of alkyl halides is 2. The molecule has 2 aromatic rings. The summed E-state index contributed by atoms with van der Waals surface area (Å²) in [4.78, 5) is 15.7. The van der Waals surface area contributed by atoms with Crippen molar-refractivity contribution in [3.63, 3.8) is 0 Å². The molecule has 0 bridgehead atoms. The predicted molar refractivity (Wildman–Crippen MR) is 91.6 cm³/mol. The van der Waals surface area contributed by atoms with Crippen molar-refractivity contribution in [3.8, 4) is 22.4 Å². The van der Waals surface area contributed by atoms with E-state index in [-0.39, 0.29) is 16.5 Å². The number of carbonyl (C=O) groups excluding carboxylic acids is 1. The van der Waals surface area contributed by atoms with Crippen LogP contribution in [0.2, 0.25) is 0 Å². The maximum atomic E-state index is 13.3. The summed E-state index contributed by atoms with van der Waals surface area (Å²) in [5, 5.41) is 9.65. The van der Waals surface area contributed by atoms with E-state index in [9.17, 15) is 18.8 Å². The molecule has 2 heterocycles. The van der Waals surface area contributed by atoms with E-state index in [1.54, 1.807) is 19.1 Å². The van der Waals surface area contributed by atoms with E-state index in [1.807, 2.05) is 13.8 Å². The van der Waals surface area contributed by atoms with Crippen LogP contribution in [0.25, 0.3) is 10.6 Å². The SMILES string of the molecule is CCOC(=O)c1sc(-c2cc(C#N)c3c(c2)CC(C)(C)O3)nc1C(F)F. The van der Waals surface area contributed by atoms with Gasteiger partial charge in [-0.2, -0.15) is 5.26 Å². The zero-order valence-corrected chi connectivity index (χ0v) is 15.2. The van der Waals surface area contributed by atoms with Gasteiger partial charge in [0, 0.05) is 17.5 Å². The molecule has 1 aliphatic heterocycles. The van der Waals surface area contributed by atoms with Crippen molar-refractivity contribution in [1.29, 1.82) is 5.26 Å². The van der Waals surface area contributed by atoms with E-state index in [1.165, 1.54) is 0 Å². The fraction of sp³-hybridized carbons (Fsp3) is 0.389. The molecule has 0 saturated heterocycles. The number of carbonyl (C=O) groups is 1. The van der Waals surface area contributed by atoms with Crippen LogP contribution >= 0.6 is 11.3 Å². The lowest BCUT2D eigenvalue weighted by molar-refractivity contribution is 0.0520. The third-order valence-corrected chi connectivity index (χ3v) is 4.95. The summed E-state index contributed by atoms with van der Waals surface area (Å²) in [6.45, 7) is 5.50. The zero-order chi connectivity index (χ0) is 19.1. The van der Waals surface area contributed by atoms with Crippen LogP contribution in [0.4, 0.5) is 8.78 Å². The van der Waals surface area contributed by atoms with Crippen LogP contribution in [0.3, 0.4) is 0 Å². The first-order chi connectivity index (χ1) is 12.3. The van der Waals surface area contributed by atoms with Crippen LogP contribution in [0.1, 0.15) is 53.7 Å². The van der Waals surface area contributed by atoms with Crippen molar-refractivity contribution >= 4 is 17.3 Å². The van der Waals surface area contributed by atoms with E-state index >= 15 is 0 Å². The smallest absolute Gasteiger partial charge is 0.350 e. The minimum absolute atomic E-state index is 0.0819. The number of halogens is 2. The van der Waals surface area contributed by atoms with Crippen molar-refractivity contribution in [3.05, 3.63) is 33.8 Å². The topological polar surface area (TPSA) is 72.2 Å². The van der Waals surface area contributed by atoms with Crippen LogP contribution < -0.4 is 4.74 Å².